The van der Waals surface area contributed by atoms with E-state index in [0.29, 0.717) is 26.9 Å². The molecular formula is C22H19Cl2NO4. The van der Waals surface area contributed by atoms with Crippen molar-refractivity contribution in [1.29, 1.82) is 0 Å². The third-order valence-corrected chi connectivity index (χ3v) is 7.33. The van der Waals surface area contributed by atoms with Crippen LogP contribution < -0.4 is 0 Å². The molecule has 1 spiro atoms. The van der Waals surface area contributed by atoms with Crippen LogP contribution in [0.25, 0.3) is 0 Å². The molecule has 2 fully saturated rings. The van der Waals surface area contributed by atoms with Gasteiger partial charge in [-0.15, -0.1) is 0 Å². The van der Waals surface area contributed by atoms with Crippen molar-refractivity contribution < 1.29 is 19.2 Å². The van der Waals surface area contributed by atoms with Gasteiger partial charge in [-0.1, -0.05) is 47.4 Å². The van der Waals surface area contributed by atoms with Crippen LogP contribution in [0.2, 0.25) is 10.0 Å². The number of hydrogen-bond donors (Lipinski definition) is 0. The number of nitrogens with zero attached hydrogens (tertiary/aromatic N) is 1. The molecule has 150 valence electrons. The summed E-state index contributed by atoms with van der Waals surface area (Å²) in [5.41, 5.74) is 1.38. The van der Waals surface area contributed by atoms with Crippen LogP contribution in [-0.4, -0.2) is 29.2 Å². The summed E-state index contributed by atoms with van der Waals surface area (Å²) in [6, 6.07) is 5.15. The Labute approximate surface area is 178 Å². The van der Waals surface area contributed by atoms with Crippen LogP contribution in [-0.2, 0) is 19.2 Å². The third-order valence-electron chi connectivity index (χ3n) is 6.79. The van der Waals surface area contributed by atoms with Crippen molar-refractivity contribution in [2.24, 2.45) is 16.5 Å². The molecule has 5 rings (SSSR count). The fraction of sp³-hybridized carbons (Fsp3) is 0.409. The molecule has 1 aromatic carbocycles. The molecule has 29 heavy (non-hydrogen) atoms. The Morgan fingerprint density at radius 2 is 2.03 bits per heavy atom. The number of benzene rings is 1. The number of hydrogen-bond acceptors (Lipinski definition) is 5. The maximum Gasteiger partial charge on any atom is 0.354 e. The average molecular weight is 432 g/mol. The Balaban J connectivity index is 1.51. The standard InChI is InChI=1S/C22H19Cl2NO4/c1-11-17(26)6-8-21(2)7-5-14-19(18(11)21)28-20(27)22(14)10-16(25-29-22)13-4-3-12(23)9-15(13)24/h3-4,6,8-9,14,19H,5,7,10H2,1-2H3/t14-,19+,21+,22?/m1/s1. The monoisotopic (exact) mass is 431 g/mol. The minimum atomic E-state index is -1.18. The van der Waals surface area contributed by atoms with E-state index in [-0.39, 0.29) is 23.5 Å². The highest BCUT2D eigenvalue weighted by atomic mass is 35.5. The highest BCUT2D eigenvalue weighted by molar-refractivity contribution is 6.37. The van der Waals surface area contributed by atoms with Crippen molar-refractivity contribution in [2.75, 3.05) is 0 Å². The fourth-order valence-corrected chi connectivity index (χ4v) is 5.73. The molecule has 1 saturated heterocycles. The topological polar surface area (TPSA) is 65.0 Å². The maximum absolute atomic E-state index is 13.0. The van der Waals surface area contributed by atoms with Gasteiger partial charge in [0.2, 0.25) is 5.60 Å². The molecule has 0 amide bonds. The summed E-state index contributed by atoms with van der Waals surface area (Å²) >= 11 is 12.3. The minimum Gasteiger partial charge on any atom is -0.454 e. The lowest BCUT2D eigenvalue weighted by molar-refractivity contribution is -0.158. The third kappa shape index (κ3) is 2.57. The summed E-state index contributed by atoms with van der Waals surface area (Å²) in [6.45, 7) is 3.90. The largest absolute Gasteiger partial charge is 0.454 e. The van der Waals surface area contributed by atoms with E-state index in [1.165, 1.54) is 0 Å². The lowest BCUT2D eigenvalue weighted by Gasteiger charge is -2.43. The molecule has 1 saturated carbocycles. The van der Waals surface area contributed by atoms with Crippen LogP contribution in [0.5, 0.6) is 0 Å². The van der Waals surface area contributed by atoms with Gasteiger partial charge in [0.05, 0.1) is 16.7 Å². The van der Waals surface area contributed by atoms with Gasteiger partial charge in [-0.25, -0.2) is 4.79 Å². The lowest BCUT2D eigenvalue weighted by Crippen LogP contribution is -2.47. The van der Waals surface area contributed by atoms with Gasteiger partial charge in [-0.2, -0.15) is 0 Å². The van der Waals surface area contributed by atoms with Gasteiger partial charge in [-0.3, -0.25) is 4.79 Å². The lowest BCUT2D eigenvalue weighted by atomic mass is 9.60. The summed E-state index contributed by atoms with van der Waals surface area (Å²) in [7, 11) is 0. The van der Waals surface area contributed by atoms with Gasteiger partial charge in [-0.05, 0) is 43.5 Å². The van der Waals surface area contributed by atoms with E-state index in [1.54, 1.807) is 24.3 Å². The summed E-state index contributed by atoms with van der Waals surface area (Å²) in [5, 5.41) is 5.20. The molecule has 4 aliphatic rings. The smallest absolute Gasteiger partial charge is 0.354 e. The van der Waals surface area contributed by atoms with Gasteiger partial charge in [0, 0.05) is 28.0 Å². The van der Waals surface area contributed by atoms with E-state index >= 15 is 0 Å². The van der Waals surface area contributed by atoms with Crippen molar-refractivity contribution >= 4 is 40.7 Å². The first-order valence-corrected chi connectivity index (χ1v) is 10.4. The van der Waals surface area contributed by atoms with E-state index in [9.17, 15) is 9.59 Å². The van der Waals surface area contributed by atoms with Crippen LogP contribution in [0.3, 0.4) is 0 Å². The quantitative estimate of drug-likeness (QED) is 0.606. The summed E-state index contributed by atoms with van der Waals surface area (Å²) in [5.74, 6) is -0.671. The number of fused-ring (bicyclic) bond motifs is 4. The second-order valence-corrected chi connectivity index (χ2v) is 9.29. The number of esters is 1. The van der Waals surface area contributed by atoms with Gasteiger partial charge in [0.1, 0.15) is 6.10 Å². The molecule has 0 N–H and O–H groups in total. The van der Waals surface area contributed by atoms with Crippen LogP contribution in [0.1, 0.15) is 38.7 Å². The molecule has 4 atom stereocenters. The Kier molecular flexibility index (Phi) is 4.03. The number of ketones is 1. The SMILES string of the molecule is CC1=C2[C@H]3OC(=O)C4(CC(c5ccc(Cl)cc5Cl)=NO4)[C@@H]3CC[C@@]2(C)C=CC1=O. The molecule has 1 unspecified atom stereocenters. The Morgan fingerprint density at radius 3 is 2.79 bits per heavy atom. The zero-order chi connectivity index (χ0) is 20.6. The van der Waals surface area contributed by atoms with E-state index < -0.39 is 17.7 Å². The van der Waals surface area contributed by atoms with Crippen molar-refractivity contribution in [3.8, 4) is 0 Å². The van der Waals surface area contributed by atoms with Crippen LogP contribution in [0, 0.1) is 11.3 Å². The summed E-state index contributed by atoms with van der Waals surface area (Å²) < 4.78 is 5.85. The molecule has 2 heterocycles. The molecule has 1 aromatic rings. The number of carbonyl (C=O) groups excluding carboxylic acids is 2. The maximum atomic E-state index is 13.0. The van der Waals surface area contributed by atoms with Gasteiger partial charge in [0.25, 0.3) is 0 Å². The first-order valence-electron chi connectivity index (χ1n) is 9.61. The molecule has 2 aliphatic carbocycles. The van der Waals surface area contributed by atoms with E-state index in [0.717, 1.165) is 18.4 Å². The molecule has 2 aliphatic heterocycles. The van der Waals surface area contributed by atoms with Gasteiger partial charge >= 0.3 is 5.97 Å². The molecule has 0 bridgehead atoms. The number of oxime groups is 1. The zero-order valence-corrected chi connectivity index (χ0v) is 17.5. The van der Waals surface area contributed by atoms with E-state index in [4.69, 9.17) is 32.8 Å². The van der Waals surface area contributed by atoms with Crippen molar-refractivity contribution in [2.45, 2.75) is 44.8 Å². The molecule has 0 aromatic heterocycles. The van der Waals surface area contributed by atoms with Gasteiger partial charge in [0.15, 0.2) is 5.78 Å². The fourth-order valence-electron chi connectivity index (χ4n) is 5.21. The summed E-state index contributed by atoms with van der Waals surface area (Å²) in [6.07, 6.45) is 4.91. The zero-order valence-electron chi connectivity index (χ0n) is 16.0. The van der Waals surface area contributed by atoms with Crippen LogP contribution in [0.4, 0.5) is 0 Å². The number of carbonyl (C=O) groups is 2. The highest BCUT2D eigenvalue weighted by Crippen LogP contribution is 2.57. The van der Waals surface area contributed by atoms with E-state index in [1.807, 2.05) is 13.0 Å². The predicted octanol–water partition coefficient (Wildman–Crippen LogP) is 4.65. The predicted molar refractivity (Wildman–Crippen MR) is 109 cm³/mol. The van der Waals surface area contributed by atoms with Crippen molar-refractivity contribution in [3.05, 3.63) is 57.1 Å². The second-order valence-electron chi connectivity index (χ2n) is 8.44. The van der Waals surface area contributed by atoms with Crippen molar-refractivity contribution in [3.63, 3.8) is 0 Å². The van der Waals surface area contributed by atoms with Gasteiger partial charge < -0.3 is 9.57 Å². The number of allylic oxidation sites excluding steroid dienone is 3. The number of ether oxygens (including phenoxy) is 1. The first kappa shape index (κ1) is 18.9. The molecule has 0 radical (unpaired) electrons. The highest BCUT2D eigenvalue weighted by Gasteiger charge is 2.66. The Morgan fingerprint density at radius 1 is 1.24 bits per heavy atom. The first-order chi connectivity index (χ1) is 13.7. The van der Waals surface area contributed by atoms with E-state index in [2.05, 4.69) is 12.1 Å². The Hall–Kier alpha value is -2.11. The molecular weight excluding hydrogens is 413 g/mol. The van der Waals surface area contributed by atoms with Crippen LogP contribution >= 0.6 is 23.2 Å². The van der Waals surface area contributed by atoms with Crippen LogP contribution in [0.15, 0.2) is 46.7 Å². The minimum absolute atomic E-state index is 0.0349. The number of halogens is 2. The normalized spacial score (nSPS) is 35.4. The molecule has 5 nitrogen and oxygen atoms in total. The average Bonchev–Trinajstić information content (AvgIpc) is 3.21. The number of rotatable bonds is 1. The Bertz CT molecular complexity index is 1060. The molecule has 7 heteroatoms. The van der Waals surface area contributed by atoms with Crippen molar-refractivity contribution in [1.82, 2.24) is 0 Å². The summed E-state index contributed by atoms with van der Waals surface area (Å²) in [4.78, 5) is 31.2. The second kappa shape index (κ2) is 6.19.